The molecule has 3 rings (SSSR count). The van der Waals surface area contributed by atoms with Crippen LogP contribution in [0.1, 0.15) is 56.1 Å². The summed E-state index contributed by atoms with van der Waals surface area (Å²) >= 11 is 1.42. The number of amides is 1. The molecule has 4 nitrogen and oxygen atoms in total. The molecular weight excluding hydrogens is 463 g/mol. The smallest absolute Gasteiger partial charge is 0.407 e. The Morgan fingerprint density at radius 3 is 2.53 bits per heavy atom. The molecule has 0 bridgehead atoms. The van der Waals surface area contributed by atoms with Crippen molar-refractivity contribution in [2.45, 2.75) is 74.5 Å². The summed E-state index contributed by atoms with van der Waals surface area (Å²) < 4.78 is 52.0. The van der Waals surface area contributed by atoms with Gasteiger partial charge in [0.15, 0.2) is 0 Å². The summed E-state index contributed by atoms with van der Waals surface area (Å²) in [5, 5.41) is 2.66. The lowest BCUT2D eigenvalue weighted by molar-refractivity contribution is -0.0403. The lowest BCUT2D eigenvalue weighted by atomic mass is 9.92. The van der Waals surface area contributed by atoms with E-state index in [0.717, 1.165) is 24.0 Å². The molecule has 0 spiro atoms. The van der Waals surface area contributed by atoms with Gasteiger partial charge in [0.05, 0.1) is 18.1 Å². The van der Waals surface area contributed by atoms with Gasteiger partial charge >= 0.3 is 6.09 Å². The third-order valence-corrected chi connectivity index (χ3v) is 6.86. The predicted octanol–water partition coefficient (Wildman–Crippen LogP) is 7.28. The zero-order valence-corrected chi connectivity index (χ0v) is 20.3. The van der Waals surface area contributed by atoms with Crippen molar-refractivity contribution < 1.29 is 27.4 Å². The van der Waals surface area contributed by atoms with Crippen molar-refractivity contribution in [3.63, 3.8) is 0 Å². The quantitative estimate of drug-likeness (QED) is 0.263. The molecule has 1 aliphatic rings. The molecule has 0 aromatic heterocycles. The number of alkyl halides is 2. The Morgan fingerprint density at radius 1 is 1.09 bits per heavy atom. The van der Waals surface area contributed by atoms with Gasteiger partial charge in [0.25, 0.3) is 0 Å². The molecule has 0 atom stereocenters. The predicted molar refractivity (Wildman–Crippen MR) is 128 cm³/mol. The summed E-state index contributed by atoms with van der Waals surface area (Å²) in [6.45, 7) is 2.53. The Hall–Kier alpha value is -2.35. The first-order chi connectivity index (χ1) is 16.3. The van der Waals surface area contributed by atoms with Crippen LogP contribution in [0.4, 0.5) is 18.0 Å². The second-order valence-corrected chi connectivity index (χ2v) is 9.65. The van der Waals surface area contributed by atoms with E-state index in [1.54, 1.807) is 0 Å². The maximum atomic E-state index is 14.6. The summed E-state index contributed by atoms with van der Waals surface area (Å²) in [5.74, 6) is -1.69. The highest BCUT2D eigenvalue weighted by atomic mass is 32.2. The van der Waals surface area contributed by atoms with Crippen molar-refractivity contribution >= 4 is 17.9 Å². The van der Waals surface area contributed by atoms with E-state index in [1.807, 2.05) is 43.3 Å². The van der Waals surface area contributed by atoms with Gasteiger partial charge in [-0.05, 0) is 62.3 Å². The average molecular weight is 496 g/mol. The van der Waals surface area contributed by atoms with E-state index in [4.69, 9.17) is 9.47 Å². The molecule has 0 radical (unpaired) electrons. The van der Waals surface area contributed by atoms with Crippen molar-refractivity contribution in [3.05, 3.63) is 59.4 Å². The number of carbonyl (C=O) groups excluding carboxylic acids is 1. The number of halogens is 3. The summed E-state index contributed by atoms with van der Waals surface area (Å²) in [7, 11) is 0. The van der Waals surface area contributed by atoms with Crippen molar-refractivity contribution in [2.24, 2.45) is 0 Å². The first-order valence-corrected chi connectivity index (χ1v) is 12.7. The largest absolute Gasteiger partial charge is 0.492 e. The van der Waals surface area contributed by atoms with E-state index in [2.05, 4.69) is 5.32 Å². The molecule has 1 saturated carbocycles. The topological polar surface area (TPSA) is 47.6 Å². The van der Waals surface area contributed by atoms with Gasteiger partial charge in [0.1, 0.15) is 11.6 Å². The Kier molecular flexibility index (Phi) is 9.99. The van der Waals surface area contributed by atoms with Gasteiger partial charge in [-0.3, -0.25) is 0 Å². The maximum absolute atomic E-state index is 14.6. The molecule has 1 N–H and O–H groups in total. The highest BCUT2D eigenvalue weighted by Crippen LogP contribution is 2.35. The highest BCUT2D eigenvalue weighted by Gasteiger charge is 2.35. The molecule has 0 heterocycles. The molecular formula is C26H32F3NO3S. The second-order valence-electron chi connectivity index (χ2n) is 8.67. The van der Waals surface area contributed by atoms with Gasteiger partial charge in [-0.1, -0.05) is 30.3 Å². The summed E-state index contributed by atoms with van der Waals surface area (Å²) in [4.78, 5) is 12.3. The van der Waals surface area contributed by atoms with E-state index in [1.165, 1.54) is 17.8 Å². The van der Waals surface area contributed by atoms with Crippen LogP contribution in [-0.4, -0.2) is 31.3 Å². The van der Waals surface area contributed by atoms with Crippen molar-refractivity contribution in [3.8, 4) is 5.75 Å². The lowest BCUT2D eigenvalue weighted by Gasteiger charge is -2.28. The van der Waals surface area contributed by atoms with Crippen molar-refractivity contribution in [2.75, 3.05) is 13.2 Å². The number of carbonyl (C=O) groups is 1. The number of hydrogen-bond donors (Lipinski definition) is 1. The van der Waals surface area contributed by atoms with Crippen LogP contribution in [-0.2, 0) is 10.5 Å². The fourth-order valence-corrected chi connectivity index (χ4v) is 4.76. The fraction of sp³-hybridized carbons (Fsp3) is 0.500. The van der Waals surface area contributed by atoms with Crippen molar-refractivity contribution in [1.82, 2.24) is 5.32 Å². The third-order valence-electron chi connectivity index (χ3n) is 5.70. The number of alkyl carbamates (subject to hydrolysis) is 1. The van der Waals surface area contributed by atoms with E-state index < -0.39 is 12.0 Å². The molecule has 1 aliphatic carbocycles. The van der Waals surface area contributed by atoms with Gasteiger partial charge in [-0.15, -0.1) is 11.8 Å². The van der Waals surface area contributed by atoms with Gasteiger partial charge in [-0.25, -0.2) is 18.0 Å². The van der Waals surface area contributed by atoms with E-state index in [0.29, 0.717) is 29.4 Å². The summed E-state index contributed by atoms with van der Waals surface area (Å²) in [6, 6.07) is 13.0. The normalized spacial score (nSPS) is 15.6. The molecule has 0 unspecified atom stereocenters. The Morgan fingerprint density at radius 2 is 1.79 bits per heavy atom. The van der Waals surface area contributed by atoms with Crippen LogP contribution in [0, 0.1) is 12.7 Å². The van der Waals surface area contributed by atoms with Crippen LogP contribution < -0.4 is 10.1 Å². The summed E-state index contributed by atoms with van der Waals surface area (Å²) in [6.07, 6.45) is 1.77. The number of thioether (sulfide) groups is 1. The zero-order valence-electron chi connectivity index (χ0n) is 19.5. The minimum Gasteiger partial charge on any atom is -0.492 e. The fourth-order valence-electron chi connectivity index (χ4n) is 3.79. The van der Waals surface area contributed by atoms with Gasteiger partial charge < -0.3 is 14.8 Å². The summed E-state index contributed by atoms with van der Waals surface area (Å²) in [5.41, 5.74) is 1.92. The highest BCUT2D eigenvalue weighted by molar-refractivity contribution is 7.98. The monoisotopic (exact) mass is 495 g/mol. The maximum Gasteiger partial charge on any atom is 0.407 e. The van der Waals surface area contributed by atoms with Crippen LogP contribution >= 0.6 is 11.8 Å². The molecule has 2 aromatic rings. The SMILES string of the molecule is Cc1cc(F)c(SCc2ccccc2)c(OCCCCCOC(=O)NC2CCC(F)(F)CC2)c1. The Bertz CT molecular complexity index is 917. The number of rotatable bonds is 11. The number of aryl methyl sites for hydroxylation is 1. The van der Waals surface area contributed by atoms with Gasteiger partial charge in [-0.2, -0.15) is 0 Å². The molecule has 0 saturated heterocycles. The lowest BCUT2D eigenvalue weighted by Crippen LogP contribution is -2.40. The van der Waals surface area contributed by atoms with Crippen LogP contribution in [0.2, 0.25) is 0 Å². The number of benzene rings is 2. The standard InChI is InChI=1S/C26H32F3NO3S/c1-19-16-22(27)24(34-18-20-8-4-2-5-9-20)23(17-19)32-14-6-3-7-15-33-25(31)30-21-10-12-26(28,29)13-11-21/h2,4-5,8-9,16-17,21H,3,6-7,10-15,18H2,1H3,(H,30,31). The number of unbranched alkanes of at least 4 members (excludes halogenated alkanes) is 2. The van der Waals surface area contributed by atoms with Crippen molar-refractivity contribution in [1.29, 1.82) is 0 Å². The minimum absolute atomic E-state index is 0.199. The Balaban J connectivity index is 1.33. The molecule has 0 aliphatic heterocycles. The van der Waals surface area contributed by atoms with E-state index in [9.17, 15) is 18.0 Å². The number of ether oxygens (including phenoxy) is 2. The average Bonchev–Trinajstić information content (AvgIpc) is 2.80. The first kappa shape index (κ1) is 26.3. The van der Waals surface area contributed by atoms with Crippen LogP contribution in [0.3, 0.4) is 0 Å². The van der Waals surface area contributed by atoms with E-state index in [-0.39, 0.29) is 44.1 Å². The van der Waals surface area contributed by atoms with Gasteiger partial charge in [0, 0.05) is 24.6 Å². The first-order valence-electron chi connectivity index (χ1n) is 11.7. The molecule has 34 heavy (non-hydrogen) atoms. The van der Waals surface area contributed by atoms with Gasteiger partial charge in [0.2, 0.25) is 5.92 Å². The number of nitrogens with one attached hydrogen (secondary N) is 1. The molecule has 2 aromatic carbocycles. The third kappa shape index (κ3) is 8.78. The van der Waals surface area contributed by atoms with Crippen LogP contribution in [0.25, 0.3) is 0 Å². The minimum atomic E-state index is -2.62. The van der Waals surface area contributed by atoms with Crippen LogP contribution in [0.5, 0.6) is 5.75 Å². The zero-order chi connectivity index (χ0) is 24.4. The molecule has 1 fully saturated rings. The molecule has 1 amide bonds. The van der Waals surface area contributed by atoms with Crippen LogP contribution in [0.15, 0.2) is 47.4 Å². The Labute approximate surface area is 203 Å². The molecule has 8 heteroatoms. The second kappa shape index (κ2) is 12.9. The number of hydrogen-bond acceptors (Lipinski definition) is 4. The van der Waals surface area contributed by atoms with E-state index >= 15 is 0 Å². The molecule has 186 valence electrons.